The zero-order valence-electron chi connectivity index (χ0n) is 21.0. The van der Waals surface area contributed by atoms with E-state index in [2.05, 4.69) is 10.2 Å². The van der Waals surface area contributed by atoms with Crippen molar-refractivity contribution in [2.45, 2.75) is 49.7 Å². The fourth-order valence-corrected chi connectivity index (χ4v) is 5.31. The minimum atomic E-state index is -5.15. The van der Waals surface area contributed by atoms with Crippen LogP contribution in [0.4, 0.5) is 18.9 Å². The number of anilines is 1. The number of amides is 2. The van der Waals surface area contributed by atoms with Gasteiger partial charge in [0.05, 0.1) is 22.8 Å². The van der Waals surface area contributed by atoms with Gasteiger partial charge in [0.25, 0.3) is 17.4 Å². The predicted octanol–water partition coefficient (Wildman–Crippen LogP) is 4.13. The smallest absolute Gasteiger partial charge is 0.375 e. The average Bonchev–Trinajstić information content (AvgIpc) is 2.92. The Morgan fingerprint density at radius 3 is 2.08 bits per heavy atom. The molecule has 1 atom stereocenters. The van der Waals surface area contributed by atoms with Gasteiger partial charge in [-0.05, 0) is 43.9 Å². The van der Waals surface area contributed by atoms with E-state index in [0.717, 1.165) is 48.7 Å². The molecular weight excluding hydrogens is 523 g/mol. The largest absolute Gasteiger partial charge is 0.430 e. The molecule has 2 amide bonds. The van der Waals surface area contributed by atoms with E-state index < -0.39 is 23.2 Å². The van der Waals surface area contributed by atoms with Crippen LogP contribution in [0.15, 0.2) is 48.5 Å². The van der Waals surface area contributed by atoms with Crippen LogP contribution >= 0.6 is 11.6 Å². The second kappa shape index (κ2) is 11.5. The number of piperidine rings is 2. The highest BCUT2D eigenvalue weighted by Crippen LogP contribution is 2.41. The first kappa shape index (κ1) is 28.2. The van der Waals surface area contributed by atoms with Gasteiger partial charge in [-0.25, -0.2) is 0 Å². The molecule has 2 saturated heterocycles. The average molecular weight is 554 g/mol. The monoisotopic (exact) mass is 553 g/mol. The van der Waals surface area contributed by atoms with E-state index in [1.54, 1.807) is 19.2 Å². The fourth-order valence-electron chi connectivity index (χ4n) is 5.05. The van der Waals surface area contributed by atoms with Crippen LogP contribution in [0.5, 0.6) is 0 Å². The van der Waals surface area contributed by atoms with Crippen LogP contribution in [0.25, 0.3) is 0 Å². The molecule has 2 N–H and O–H groups in total. The summed E-state index contributed by atoms with van der Waals surface area (Å²) in [4.78, 5) is 28.0. The summed E-state index contributed by atoms with van der Waals surface area (Å²) in [6, 6.07) is 11.8. The molecule has 0 aromatic heterocycles. The van der Waals surface area contributed by atoms with Crippen molar-refractivity contribution in [3.63, 3.8) is 0 Å². The van der Waals surface area contributed by atoms with Crippen LogP contribution in [0, 0.1) is 0 Å². The Balaban J connectivity index is 1.29. The first-order valence-corrected chi connectivity index (χ1v) is 13.0. The molecule has 2 fully saturated rings. The maximum atomic E-state index is 13.9. The molecule has 206 valence electrons. The van der Waals surface area contributed by atoms with Crippen molar-refractivity contribution in [3.05, 3.63) is 64.7 Å². The first-order chi connectivity index (χ1) is 18.0. The second-order valence-electron chi connectivity index (χ2n) is 9.63. The molecule has 7 nitrogen and oxygen atoms in total. The Morgan fingerprint density at radius 1 is 0.974 bits per heavy atom. The number of hydrogen-bond acceptors (Lipinski definition) is 5. The molecule has 2 aromatic carbocycles. The standard InChI is InChI=1S/C27H31ClF3N3O4/c1-32-24(35)22-8-7-19(17-23(22)28)33-13-9-20(10-14-33)38-21-11-15-34(16-12-21)25(36)26(37,27(29,30)31)18-5-3-2-4-6-18/h2-8,17,20-21,37H,9-16H2,1H3,(H,32,35). The minimum absolute atomic E-state index is 0.00413. The third kappa shape index (κ3) is 5.77. The van der Waals surface area contributed by atoms with Crippen LogP contribution in [-0.4, -0.2) is 73.4 Å². The number of hydrogen-bond donors (Lipinski definition) is 2. The Kier molecular flexibility index (Phi) is 8.54. The van der Waals surface area contributed by atoms with Gasteiger partial charge in [-0.2, -0.15) is 13.2 Å². The summed E-state index contributed by atoms with van der Waals surface area (Å²) in [5.41, 5.74) is -2.75. The Labute approximate surface area is 224 Å². The highest BCUT2D eigenvalue weighted by molar-refractivity contribution is 6.34. The first-order valence-electron chi connectivity index (χ1n) is 12.6. The molecule has 0 saturated carbocycles. The number of nitrogens with zero attached hydrogens (tertiary/aromatic N) is 2. The summed E-state index contributed by atoms with van der Waals surface area (Å²) in [5.74, 6) is -1.60. The zero-order chi connectivity index (χ0) is 27.5. The van der Waals surface area contributed by atoms with Gasteiger partial charge in [0.15, 0.2) is 0 Å². The lowest BCUT2D eigenvalue weighted by molar-refractivity contribution is -0.262. The lowest BCUT2D eigenvalue weighted by Gasteiger charge is -2.40. The SMILES string of the molecule is CNC(=O)c1ccc(N2CCC(OC3CCN(C(=O)C(O)(c4ccccc4)C(F)(F)F)CC3)CC2)cc1Cl. The zero-order valence-corrected chi connectivity index (χ0v) is 21.8. The van der Waals surface area contributed by atoms with Crippen molar-refractivity contribution in [2.75, 3.05) is 38.1 Å². The van der Waals surface area contributed by atoms with Gasteiger partial charge in [-0.1, -0.05) is 41.9 Å². The van der Waals surface area contributed by atoms with Gasteiger partial charge in [-0.3, -0.25) is 9.59 Å². The fraction of sp³-hybridized carbons (Fsp3) is 0.481. The van der Waals surface area contributed by atoms with E-state index in [-0.39, 0.29) is 31.2 Å². The van der Waals surface area contributed by atoms with E-state index in [9.17, 15) is 27.9 Å². The number of carbonyl (C=O) groups excluding carboxylic acids is 2. The number of nitrogens with one attached hydrogen (secondary N) is 1. The number of carbonyl (C=O) groups is 2. The third-order valence-electron chi connectivity index (χ3n) is 7.26. The predicted molar refractivity (Wildman–Crippen MR) is 137 cm³/mol. The highest BCUT2D eigenvalue weighted by atomic mass is 35.5. The molecule has 11 heteroatoms. The van der Waals surface area contributed by atoms with Gasteiger partial charge < -0.3 is 25.0 Å². The summed E-state index contributed by atoms with van der Waals surface area (Å²) in [6.45, 7) is 1.61. The lowest BCUT2D eigenvalue weighted by atomic mass is 9.90. The third-order valence-corrected chi connectivity index (χ3v) is 7.57. The minimum Gasteiger partial charge on any atom is -0.375 e. The van der Waals surface area contributed by atoms with Crippen LogP contribution in [0.3, 0.4) is 0 Å². The maximum Gasteiger partial charge on any atom is 0.430 e. The van der Waals surface area contributed by atoms with Crippen molar-refractivity contribution in [1.29, 1.82) is 0 Å². The van der Waals surface area contributed by atoms with Crippen molar-refractivity contribution in [1.82, 2.24) is 10.2 Å². The normalized spacial score (nSPS) is 19.2. The molecule has 2 heterocycles. The topological polar surface area (TPSA) is 82.1 Å². The molecule has 4 rings (SSSR count). The summed E-state index contributed by atoms with van der Waals surface area (Å²) < 4.78 is 47.9. The summed E-state index contributed by atoms with van der Waals surface area (Å²) >= 11 is 6.28. The van der Waals surface area contributed by atoms with Crippen LogP contribution in [0.1, 0.15) is 41.6 Å². The summed E-state index contributed by atoms with van der Waals surface area (Å²) in [5, 5.41) is 13.5. The molecule has 0 spiro atoms. The van der Waals surface area contributed by atoms with E-state index in [1.807, 2.05) is 6.07 Å². The van der Waals surface area contributed by atoms with E-state index in [4.69, 9.17) is 16.3 Å². The number of rotatable bonds is 6. The lowest BCUT2D eigenvalue weighted by Crippen LogP contribution is -2.57. The Hall–Kier alpha value is -2.82. The maximum absolute atomic E-state index is 13.9. The van der Waals surface area contributed by atoms with Gasteiger partial charge in [0, 0.05) is 44.5 Å². The van der Waals surface area contributed by atoms with Crippen LogP contribution in [-0.2, 0) is 15.1 Å². The van der Waals surface area contributed by atoms with Crippen LogP contribution < -0.4 is 10.2 Å². The molecule has 0 aliphatic carbocycles. The molecule has 2 aromatic rings. The van der Waals surface area contributed by atoms with Crippen LogP contribution in [0.2, 0.25) is 5.02 Å². The number of halogens is 4. The van der Waals surface area contributed by atoms with Gasteiger partial charge in [-0.15, -0.1) is 0 Å². The molecule has 38 heavy (non-hydrogen) atoms. The molecule has 0 radical (unpaired) electrons. The molecule has 2 aliphatic rings. The number of likely N-dealkylation sites (tertiary alicyclic amines) is 1. The summed E-state index contributed by atoms with van der Waals surface area (Å²) in [7, 11) is 1.55. The summed E-state index contributed by atoms with van der Waals surface area (Å²) in [6.07, 6.45) is -3.02. The number of alkyl halides is 3. The number of ether oxygens (including phenoxy) is 1. The van der Waals surface area contributed by atoms with Crippen molar-refractivity contribution in [3.8, 4) is 0 Å². The second-order valence-corrected chi connectivity index (χ2v) is 10.0. The van der Waals surface area contributed by atoms with Gasteiger partial charge >= 0.3 is 6.18 Å². The van der Waals surface area contributed by atoms with Gasteiger partial charge in [0.2, 0.25) is 0 Å². The van der Waals surface area contributed by atoms with E-state index in [0.29, 0.717) is 23.4 Å². The van der Waals surface area contributed by atoms with Gasteiger partial charge in [0.1, 0.15) is 0 Å². The van der Waals surface area contributed by atoms with Crippen molar-refractivity contribution >= 4 is 29.1 Å². The van der Waals surface area contributed by atoms with Crippen molar-refractivity contribution < 1.29 is 32.6 Å². The number of aliphatic hydroxyl groups is 1. The molecular formula is C27H31ClF3N3O4. The van der Waals surface area contributed by atoms with E-state index >= 15 is 0 Å². The Bertz CT molecular complexity index is 1130. The number of benzene rings is 2. The van der Waals surface area contributed by atoms with E-state index in [1.165, 1.54) is 18.2 Å². The quantitative estimate of drug-likeness (QED) is 0.562. The van der Waals surface area contributed by atoms with Crippen molar-refractivity contribution in [2.24, 2.45) is 0 Å². The molecule has 1 unspecified atom stereocenters. The highest BCUT2D eigenvalue weighted by Gasteiger charge is 2.62. The molecule has 0 bridgehead atoms. The molecule has 2 aliphatic heterocycles. The Morgan fingerprint density at radius 2 is 1.55 bits per heavy atom.